The molecule has 1 saturated carbocycles. The highest BCUT2D eigenvalue weighted by atomic mass is 19.1. The SMILES string of the molecule is COC(=O)CNC1(C[N+](=O)[O-])CCCCC1F. The lowest BCUT2D eigenvalue weighted by Crippen LogP contribution is -2.60. The van der Waals surface area contributed by atoms with E-state index in [-0.39, 0.29) is 6.54 Å². The summed E-state index contributed by atoms with van der Waals surface area (Å²) in [5, 5.41) is 13.3. The van der Waals surface area contributed by atoms with E-state index in [2.05, 4.69) is 10.1 Å². The second-order valence-corrected chi connectivity index (χ2v) is 4.29. The van der Waals surface area contributed by atoms with E-state index in [0.29, 0.717) is 12.8 Å². The summed E-state index contributed by atoms with van der Waals surface area (Å²) in [5.41, 5.74) is -1.23. The third-order valence-corrected chi connectivity index (χ3v) is 3.15. The molecule has 1 fully saturated rings. The van der Waals surface area contributed by atoms with Crippen LogP contribution in [0.1, 0.15) is 25.7 Å². The fourth-order valence-electron chi connectivity index (χ4n) is 2.18. The largest absolute Gasteiger partial charge is 0.468 e. The highest BCUT2D eigenvalue weighted by Gasteiger charge is 2.45. The van der Waals surface area contributed by atoms with Crippen LogP contribution in [0.4, 0.5) is 4.39 Å². The molecule has 98 valence electrons. The number of methoxy groups -OCH3 is 1. The van der Waals surface area contributed by atoms with Gasteiger partial charge in [0.05, 0.1) is 13.7 Å². The number of hydrogen-bond acceptors (Lipinski definition) is 5. The quantitative estimate of drug-likeness (QED) is 0.439. The fraction of sp³-hybridized carbons (Fsp3) is 0.900. The Morgan fingerprint density at radius 3 is 2.88 bits per heavy atom. The van der Waals surface area contributed by atoms with Gasteiger partial charge in [-0.3, -0.25) is 20.2 Å². The molecule has 0 heterocycles. The average Bonchev–Trinajstić information content (AvgIpc) is 2.29. The highest BCUT2D eigenvalue weighted by molar-refractivity contribution is 5.71. The van der Waals surface area contributed by atoms with E-state index in [1.807, 2.05) is 0 Å². The van der Waals surface area contributed by atoms with Crippen LogP contribution in [0.2, 0.25) is 0 Å². The Morgan fingerprint density at radius 1 is 1.65 bits per heavy atom. The smallest absolute Gasteiger partial charge is 0.319 e. The Kier molecular flexibility index (Phi) is 4.80. The van der Waals surface area contributed by atoms with Crippen LogP contribution in [0.5, 0.6) is 0 Å². The first kappa shape index (κ1) is 13.8. The minimum absolute atomic E-state index is 0.204. The maximum absolute atomic E-state index is 13.9. The van der Waals surface area contributed by atoms with Gasteiger partial charge >= 0.3 is 5.97 Å². The Morgan fingerprint density at radius 2 is 2.35 bits per heavy atom. The molecule has 1 aliphatic carbocycles. The summed E-state index contributed by atoms with van der Waals surface area (Å²) in [5.74, 6) is -0.550. The lowest BCUT2D eigenvalue weighted by atomic mass is 9.80. The van der Waals surface area contributed by atoms with Gasteiger partial charge in [0.15, 0.2) is 0 Å². The molecule has 6 nitrogen and oxygen atoms in total. The third kappa shape index (κ3) is 3.62. The molecule has 0 aromatic heterocycles. The van der Waals surface area contributed by atoms with Gasteiger partial charge in [-0.1, -0.05) is 12.8 Å². The molecule has 1 aliphatic rings. The van der Waals surface area contributed by atoms with Crippen molar-refractivity contribution in [2.24, 2.45) is 0 Å². The van der Waals surface area contributed by atoms with Crippen LogP contribution in [0.25, 0.3) is 0 Å². The first-order valence-electron chi connectivity index (χ1n) is 5.58. The maximum Gasteiger partial charge on any atom is 0.319 e. The fourth-order valence-corrected chi connectivity index (χ4v) is 2.18. The molecule has 0 aliphatic heterocycles. The molecule has 0 aromatic carbocycles. The molecular weight excluding hydrogens is 231 g/mol. The molecule has 17 heavy (non-hydrogen) atoms. The van der Waals surface area contributed by atoms with Crippen LogP contribution >= 0.6 is 0 Å². The molecule has 0 aromatic rings. The van der Waals surface area contributed by atoms with Crippen molar-refractivity contribution in [3.05, 3.63) is 10.1 Å². The van der Waals surface area contributed by atoms with Gasteiger partial charge in [-0.15, -0.1) is 0 Å². The molecular formula is C10H17FN2O4. The topological polar surface area (TPSA) is 81.5 Å². The van der Waals surface area contributed by atoms with Gasteiger partial charge in [0.1, 0.15) is 11.7 Å². The van der Waals surface area contributed by atoms with Crippen molar-refractivity contribution in [1.82, 2.24) is 5.32 Å². The number of halogens is 1. The number of nitrogens with zero attached hydrogens (tertiary/aromatic N) is 1. The van der Waals surface area contributed by atoms with Crippen LogP contribution in [-0.2, 0) is 9.53 Å². The predicted molar refractivity (Wildman–Crippen MR) is 58.0 cm³/mol. The molecule has 0 radical (unpaired) electrons. The molecule has 7 heteroatoms. The van der Waals surface area contributed by atoms with E-state index in [0.717, 1.165) is 12.8 Å². The molecule has 2 atom stereocenters. The summed E-state index contributed by atoms with van der Waals surface area (Å²) in [6.45, 7) is -0.712. The minimum Gasteiger partial charge on any atom is -0.468 e. The van der Waals surface area contributed by atoms with E-state index < -0.39 is 29.1 Å². The summed E-state index contributed by atoms with van der Waals surface area (Å²) in [4.78, 5) is 21.1. The minimum atomic E-state index is -1.30. The van der Waals surface area contributed by atoms with Gasteiger partial charge in [-0.2, -0.15) is 0 Å². The summed E-state index contributed by atoms with van der Waals surface area (Å²) in [6, 6.07) is 0. The van der Waals surface area contributed by atoms with E-state index in [4.69, 9.17) is 0 Å². The Bertz CT molecular complexity index is 300. The van der Waals surface area contributed by atoms with Crippen molar-refractivity contribution in [3.63, 3.8) is 0 Å². The van der Waals surface area contributed by atoms with Crippen molar-refractivity contribution >= 4 is 5.97 Å². The molecule has 1 rings (SSSR count). The van der Waals surface area contributed by atoms with E-state index in [9.17, 15) is 19.3 Å². The van der Waals surface area contributed by atoms with Gasteiger partial charge in [-0.25, -0.2) is 4.39 Å². The summed E-state index contributed by atoms with van der Waals surface area (Å²) < 4.78 is 18.3. The average molecular weight is 248 g/mol. The van der Waals surface area contributed by atoms with Gasteiger partial charge in [0.25, 0.3) is 0 Å². The number of carbonyl (C=O) groups is 1. The number of ether oxygens (including phenoxy) is 1. The predicted octanol–water partition coefficient (Wildman–Crippen LogP) is 0.677. The summed E-state index contributed by atoms with van der Waals surface area (Å²) in [7, 11) is 1.22. The van der Waals surface area contributed by atoms with Gasteiger partial charge in [0.2, 0.25) is 6.54 Å². The summed E-state index contributed by atoms with van der Waals surface area (Å²) >= 11 is 0. The van der Waals surface area contributed by atoms with Crippen LogP contribution in [0.15, 0.2) is 0 Å². The Balaban J connectivity index is 2.70. The third-order valence-electron chi connectivity index (χ3n) is 3.15. The lowest BCUT2D eigenvalue weighted by molar-refractivity contribution is -0.493. The second kappa shape index (κ2) is 5.90. The molecule has 0 bridgehead atoms. The molecule has 0 saturated heterocycles. The number of hydrogen-bond donors (Lipinski definition) is 1. The van der Waals surface area contributed by atoms with E-state index in [1.165, 1.54) is 7.11 Å². The van der Waals surface area contributed by atoms with Crippen LogP contribution in [0, 0.1) is 10.1 Å². The Hall–Kier alpha value is -1.24. The zero-order valence-corrected chi connectivity index (χ0v) is 9.78. The van der Waals surface area contributed by atoms with Crippen molar-refractivity contribution in [2.45, 2.75) is 37.4 Å². The van der Waals surface area contributed by atoms with Gasteiger partial charge < -0.3 is 4.74 Å². The second-order valence-electron chi connectivity index (χ2n) is 4.29. The number of nitrogens with one attached hydrogen (secondary N) is 1. The standard InChI is InChI=1S/C10H17FN2O4/c1-17-9(14)6-12-10(7-13(15)16)5-3-2-4-8(10)11/h8,12H,2-7H2,1H3. The zero-order valence-electron chi connectivity index (χ0n) is 9.78. The van der Waals surface area contributed by atoms with E-state index >= 15 is 0 Å². The van der Waals surface area contributed by atoms with Crippen molar-refractivity contribution in [3.8, 4) is 0 Å². The highest BCUT2D eigenvalue weighted by Crippen LogP contribution is 2.31. The van der Waals surface area contributed by atoms with Crippen molar-refractivity contribution < 1.29 is 18.8 Å². The van der Waals surface area contributed by atoms with E-state index in [1.54, 1.807) is 0 Å². The Labute approximate surface area is 98.7 Å². The zero-order chi connectivity index (χ0) is 12.9. The molecule has 2 unspecified atom stereocenters. The van der Waals surface area contributed by atoms with Gasteiger partial charge in [-0.05, 0) is 12.8 Å². The number of esters is 1. The van der Waals surface area contributed by atoms with Crippen molar-refractivity contribution in [2.75, 3.05) is 20.2 Å². The monoisotopic (exact) mass is 248 g/mol. The number of alkyl halides is 1. The maximum atomic E-state index is 13.9. The summed E-state index contributed by atoms with van der Waals surface area (Å²) in [6.07, 6.45) is 0.809. The lowest BCUT2D eigenvalue weighted by Gasteiger charge is -2.37. The first-order chi connectivity index (χ1) is 8.00. The number of carbonyl (C=O) groups excluding carboxylic acids is 1. The first-order valence-corrected chi connectivity index (χ1v) is 5.58. The van der Waals surface area contributed by atoms with Crippen LogP contribution in [-0.4, -0.2) is 42.8 Å². The molecule has 0 amide bonds. The molecule has 0 spiro atoms. The molecule has 1 N–H and O–H groups in total. The van der Waals surface area contributed by atoms with Crippen LogP contribution < -0.4 is 5.32 Å². The van der Waals surface area contributed by atoms with Gasteiger partial charge in [0, 0.05) is 4.92 Å². The number of nitro groups is 1. The van der Waals surface area contributed by atoms with Crippen LogP contribution in [0.3, 0.4) is 0 Å². The van der Waals surface area contributed by atoms with Crippen molar-refractivity contribution in [1.29, 1.82) is 0 Å². The number of rotatable bonds is 5. The normalized spacial score (nSPS) is 28.7.